The van der Waals surface area contributed by atoms with Crippen LogP contribution in [-0.2, 0) is 6.42 Å². The molecule has 0 aromatic heterocycles. The zero-order valence-electron chi connectivity index (χ0n) is 31.5. The third kappa shape index (κ3) is 5.14. The lowest BCUT2D eigenvalue weighted by Gasteiger charge is -2.17. The van der Waals surface area contributed by atoms with Gasteiger partial charge in [0, 0.05) is 11.8 Å². The smallest absolute Gasteiger partial charge is 0.0352 e. The Morgan fingerprint density at radius 1 is 0.246 bits per heavy atom. The van der Waals surface area contributed by atoms with E-state index in [4.69, 9.17) is 0 Å². The summed E-state index contributed by atoms with van der Waals surface area (Å²) in [6, 6.07) is 77.3. The van der Waals surface area contributed by atoms with Crippen LogP contribution in [0.3, 0.4) is 0 Å². The molecule has 3 aliphatic rings. The SMILES string of the molecule is c1ccc(-c2ccc(C3c4ccccc4-c4cc(-c5ccc6c(c5)-c5cc7c(cc5C6c5cccc(-c6ccccc6)c5)Cc5ccccc5-7)ccc43)cc2)cc1. The molecule has 0 aliphatic heterocycles. The molecule has 9 aromatic carbocycles. The first kappa shape index (κ1) is 32.2. The normalized spacial score (nSPS) is 15.3. The first-order valence-electron chi connectivity index (χ1n) is 20.2. The van der Waals surface area contributed by atoms with Gasteiger partial charge >= 0.3 is 0 Å². The van der Waals surface area contributed by atoms with E-state index in [2.05, 4.69) is 206 Å². The Morgan fingerprint density at radius 3 is 1.49 bits per heavy atom. The maximum absolute atomic E-state index is 2.53. The van der Waals surface area contributed by atoms with E-state index in [1.54, 1.807) is 0 Å². The predicted octanol–water partition coefficient (Wildman–Crippen LogP) is 14.6. The highest BCUT2D eigenvalue weighted by Gasteiger charge is 2.34. The Bertz CT molecular complexity index is 3020. The fourth-order valence-electron chi connectivity index (χ4n) is 10.2. The van der Waals surface area contributed by atoms with Crippen molar-refractivity contribution in [3.8, 4) is 66.8 Å². The molecule has 2 atom stereocenters. The van der Waals surface area contributed by atoms with Crippen LogP contribution >= 0.6 is 0 Å². The van der Waals surface area contributed by atoms with Gasteiger partial charge in [0.15, 0.2) is 0 Å². The van der Waals surface area contributed by atoms with Gasteiger partial charge in [0.2, 0.25) is 0 Å². The highest BCUT2D eigenvalue weighted by molar-refractivity contribution is 5.91. The van der Waals surface area contributed by atoms with Crippen LogP contribution in [0.2, 0.25) is 0 Å². The largest absolute Gasteiger partial charge is 0.0622 e. The maximum atomic E-state index is 2.53. The molecule has 12 rings (SSSR count). The van der Waals surface area contributed by atoms with Crippen LogP contribution in [0.4, 0.5) is 0 Å². The lowest BCUT2D eigenvalue weighted by molar-refractivity contribution is 1.01. The van der Waals surface area contributed by atoms with Crippen LogP contribution in [-0.4, -0.2) is 0 Å². The second-order valence-electron chi connectivity index (χ2n) is 16.0. The summed E-state index contributed by atoms with van der Waals surface area (Å²) in [4.78, 5) is 0. The van der Waals surface area contributed by atoms with Crippen molar-refractivity contribution in [3.05, 3.63) is 251 Å². The fraction of sp³-hybridized carbons (Fsp3) is 0.0526. The lowest BCUT2D eigenvalue weighted by Crippen LogP contribution is -2.00. The zero-order chi connectivity index (χ0) is 37.5. The molecule has 0 bridgehead atoms. The van der Waals surface area contributed by atoms with E-state index in [0.717, 1.165) is 6.42 Å². The van der Waals surface area contributed by atoms with Gasteiger partial charge in [0.05, 0.1) is 0 Å². The second kappa shape index (κ2) is 12.8. The van der Waals surface area contributed by atoms with Gasteiger partial charge < -0.3 is 0 Å². The number of hydrogen-bond acceptors (Lipinski definition) is 0. The van der Waals surface area contributed by atoms with Crippen molar-refractivity contribution >= 4 is 0 Å². The van der Waals surface area contributed by atoms with Crippen molar-refractivity contribution in [3.63, 3.8) is 0 Å². The highest BCUT2D eigenvalue weighted by atomic mass is 14.4. The van der Waals surface area contributed by atoms with E-state index in [-0.39, 0.29) is 11.8 Å². The average molecular weight is 723 g/mol. The number of hydrogen-bond donors (Lipinski definition) is 0. The Labute approximate surface area is 334 Å². The molecule has 0 saturated heterocycles. The van der Waals surface area contributed by atoms with Crippen LogP contribution in [0.25, 0.3) is 66.8 Å². The standard InChI is InChI=1S/C57H38/c1-3-12-36(13-4-1)38-22-24-39(25-23-38)56-48-21-10-9-20-47(48)52-32-41(26-28-49(52)56)42-27-29-50-53(33-42)54-35-51-45(31-43-16-7-8-19-46(43)51)34-55(54)57(50)44-18-11-17-40(30-44)37-14-5-2-6-15-37/h1-30,32-35,56-57H,31H2. The molecule has 0 N–H and O–H groups in total. The van der Waals surface area contributed by atoms with E-state index in [9.17, 15) is 0 Å². The molecule has 0 fully saturated rings. The number of rotatable bonds is 5. The van der Waals surface area contributed by atoms with E-state index in [1.807, 2.05) is 0 Å². The second-order valence-corrected chi connectivity index (χ2v) is 16.0. The van der Waals surface area contributed by atoms with Gasteiger partial charge in [-0.2, -0.15) is 0 Å². The zero-order valence-corrected chi connectivity index (χ0v) is 31.5. The molecular weight excluding hydrogens is 685 g/mol. The molecule has 0 nitrogen and oxygen atoms in total. The topological polar surface area (TPSA) is 0 Å². The van der Waals surface area contributed by atoms with E-state index < -0.39 is 0 Å². The van der Waals surface area contributed by atoms with Crippen LogP contribution in [0.5, 0.6) is 0 Å². The molecule has 3 aliphatic carbocycles. The number of benzene rings is 9. The molecular formula is C57H38. The minimum absolute atomic E-state index is 0.169. The highest BCUT2D eigenvalue weighted by Crippen LogP contribution is 2.54. The van der Waals surface area contributed by atoms with Crippen molar-refractivity contribution < 1.29 is 0 Å². The Balaban J connectivity index is 0.973. The van der Waals surface area contributed by atoms with Crippen LogP contribution in [0, 0.1) is 0 Å². The Hall–Kier alpha value is -7.02. The van der Waals surface area contributed by atoms with Crippen molar-refractivity contribution in [2.75, 3.05) is 0 Å². The van der Waals surface area contributed by atoms with Crippen molar-refractivity contribution in [1.29, 1.82) is 0 Å². The minimum Gasteiger partial charge on any atom is -0.0622 e. The lowest BCUT2D eigenvalue weighted by atomic mass is 9.86. The Kier molecular flexibility index (Phi) is 7.22. The summed E-state index contributed by atoms with van der Waals surface area (Å²) in [5.41, 5.74) is 26.8. The molecule has 0 amide bonds. The molecule has 0 saturated carbocycles. The van der Waals surface area contributed by atoms with Crippen LogP contribution in [0.1, 0.15) is 56.3 Å². The fourth-order valence-corrected chi connectivity index (χ4v) is 10.2. The molecule has 266 valence electrons. The van der Waals surface area contributed by atoms with Crippen molar-refractivity contribution in [1.82, 2.24) is 0 Å². The molecule has 0 radical (unpaired) electrons. The predicted molar refractivity (Wildman–Crippen MR) is 237 cm³/mol. The van der Waals surface area contributed by atoms with Gasteiger partial charge in [-0.15, -0.1) is 0 Å². The van der Waals surface area contributed by atoms with E-state index in [0.29, 0.717) is 0 Å². The van der Waals surface area contributed by atoms with Crippen molar-refractivity contribution in [2.24, 2.45) is 0 Å². The molecule has 0 spiro atoms. The van der Waals surface area contributed by atoms with Gasteiger partial charge in [0.1, 0.15) is 0 Å². The monoisotopic (exact) mass is 722 g/mol. The Morgan fingerprint density at radius 2 is 0.754 bits per heavy atom. The van der Waals surface area contributed by atoms with Gasteiger partial charge in [-0.1, -0.05) is 188 Å². The summed E-state index contributed by atoms with van der Waals surface area (Å²) in [5, 5.41) is 0. The van der Waals surface area contributed by atoms with Crippen LogP contribution in [0.15, 0.2) is 206 Å². The maximum Gasteiger partial charge on any atom is 0.0352 e. The van der Waals surface area contributed by atoms with Crippen LogP contribution < -0.4 is 0 Å². The average Bonchev–Trinajstić information content (AvgIpc) is 3.93. The summed E-state index contributed by atoms with van der Waals surface area (Å²) in [6.07, 6.45) is 0.992. The summed E-state index contributed by atoms with van der Waals surface area (Å²) in [6.45, 7) is 0. The van der Waals surface area contributed by atoms with Gasteiger partial charge in [0.25, 0.3) is 0 Å². The molecule has 9 aromatic rings. The summed E-state index contributed by atoms with van der Waals surface area (Å²) >= 11 is 0. The van der Waals surface area contributed by atoms with Crippen molar-refractivity contribution in [2.45, 2.75) is 18.3 Å². The molecule has 0 heterocycles. The first-order valence-corrected chi connectivity index (χ1v) is 20.2. The quantitative estimate of drug-likeness (QED) is 0.166. The van der Waals surface area contributed by atoms with Gasteiger partial charge in [-0.3, -0.25) is 0 Å². The third-order valence-electron chi connectivity index (χ3n) is 12.9. The first-order chi connectivity index (χ1) is 28.2. The van der Waals surface area contributed by atoms with Gasteiger partial charge in [-0.25, -0.2) is 0 Å². The van der Waals surface area contributed by atoms with E-state index >= 15 is 0 Å². The molecule has 57 heavy (non-hydrogen) atoms. The minimum atomic E-state index is 0.169. The summed E-state index contributed by atoms with van der Waals surface area (Å²) in [7, 11) is 0. The molecule has 0 heteroatoms. The number of fused-ring (bicyclic) bond motifs is 9. The summed E-state index contributed by atoms with van der Waals surface area (Å²) < 4.78 is 0. The third-order valence-corrected chi connectivity index (χ3v) is 12.9. The van der Waals surface area contributed by atoms with E-state index in [1.165, 1.54) is 111 Å². The molecule has 2 unspecified atom stereocenters. The van der Waals surface area contributed by atoms with Gasteiger partial charge in [-0.05, 0) is 136 Å². The summed E-state index contributed by atoms with van der Waals surface area (Å²) in [5.74, 6) is 0.377.